The Morgan fingerprint density at radius 1 is 0.603 bits per heavy atom. The Kier molecular flexibility index (Phi) is 9.81. The van der Waals surface area contributed by atoms with Crippen LogP contribution in [-0.2, 0) is 24.9 Å². The summed E-state index contributed by atoms with van der Waals surface area (Å²) in [5.41, 5.74) is 9.98. The molecule has 58 heavy (non-hydrogen) atoms. The van der Waals surface area contributed by atoms with Gasteiger partial charge in [0, 0.05) is 28.5 Å². The summed E-state index contributed by atoms with van der Waals surface area (Å²) in [4.78, 5) is 25.5. The maximum atomic E-state index is 14.3. The van der Waals surface area contributed by atoms with Crippen LogP contribution in [0.15, 0.2) is 181 Å². The Morgan fingerprint density at radius 3 is 1.79 bits per heavy atom. The highest BCUT2D eigenvalue weighted by Gasteiger charge is 2.41. The van der Waals surface area contributed by atoms with Gasteiger partial charge in [-0.1, -0.05) is 159 Å². The Bertz CT molecular complexity index is 2790. The van der Waals surface area contributed by atoms with Gasteiger partial charge in [-0.2, -0.15) is 0 Å². The molecule has 9 rings (SSSR count). The van der Waals surface area contributed by atoms with Gasteiger partial charge in [0.2, 0.25) is 5.82 Å². The fourth-order valence-corrected chi connectivity index (χ4v) is 8.05. The second-order valence-electron chi connectivity index (χ2n) is 14.3. The van der Waals surface area contributed by atoms with Crippen molar-refractivity contribution < 1.29 is 0 Å². The van der Waals surface area contributed by atoms with Crippen LogP contribution in [0, 0.1) is 0 Å². The number of aromatic nitrogens is 7. The first-order valence-corrected chi connectivity index (χ1v) is 19.7. The van der Waals surface area contributed by atoms with Crippen LogP contribution in [0.25, 0.3) is 44.7 Å². The second-order valence-corrected chi connectivity index (χ2v) is 14.3. The molecule has 0 saturated heterocycles. The van der Waals surface area contributed by atoms with E-state index in [1.807, 2.05) is 102 Å². The van der Waals surface area contributed by atoms with Gasteiger partial charge >= 0.3 is 0 Å². The van der Waals surface area contributed by atoms with Gasteiger partial charge in [0.1, 0.15) is 0 Å². The van der Waals surface area contributed by atoms with Crippen LogP contribution in [0.5, 0.6) is 0 Å². The molecule has 8 heteroatoms. The fraction of sp³-hybridized carbons (Fsp3) is 0.120. The molecule has 0 aliphatic heterocycles. The molecule has 0 aliphatic carbocycles. The van der Waals surface area contributed by atoms with E-state index in [1.54, 1.807) is 11.0 Å². The molecule has 0 fully saturated rings. The lowest BCUT2D eigenvalue weighted by molar-refractivity contribution is 0.396. The molecule has 4 aromatic heterocycles. The summed E-state index contributed by atoms with van der Waals surface area (Å²) in [7, 11) is 0. The largest absolute Gasteiger partial charge is 0.303 e. The van der Waals surface area contributed by atoms with E-state index < -0.39 is 5.54 Å². The zero-order valence-electron chi connectivity index (χ0n) is 32.4. The summed E-state index contributed by atoms with van der Waals surface area (Å²) in [5.74, 6) is 0.517. The van der Waals surface area contributed by atoms with E-state index in [4.69, 9.17) is 20.4 Å². The second kappa shape index (κ2) is 15.7. The molecule has 0 saturated carbocycles. The molecule has 0 amide bonds. The predicted octanol–water partition coefficient (Wildman–Crippen LogP) is 9.79. The number of fused-ring (bicyclic) bond motifs is 1. The van der Waals surface area contributed by atoms with Crippen LogP contribution in [0.3, 0.4) is 0 Å². The lowest BCUT2D eigenvalue weighted by Gasteiger charge is -2.34. The molecule has 0 aliphatic rings. The van der Waals surface area contributed by atoms with E-state index in [0.717, 1.165) is 74.1 Å². The summed E-state index contributed by atoms with van der Waals surface area (Å²) in [5, 5.41) is 15.7. The van der Waals surface area contributed by atoms with Crippen molar-refractivity contribution in [1.29, 1.82) is 0 Å². The van der Waals surface area contributed by atoms with E-state index in [-0.39, 0.29) is 5.56 Å². The molecule has 9 aromatic rings. The van der Waals surface area contributed by atoms with Gasteiger partial charge in [-0.15, -0.1) is 15.0 Å². The van der Waals surface area contributed by atoms with Crippen LogP contribution in [0.2, 0.25) is 0 Å². The van der Waals surface area contributed by atoms with Crippen LogP contribution in [-0.4, -0.2) is 34.7 Å². The first kappa shape index (κ1) is 36.3. The quantitative estimate of drug-likeness (QED) is 0.122. The molecule has 0 bridgehead atoms. The standard InChI is InChI=1S/C50H41N7O/c1-3-40-32-47-43(45(4-2)52-40)33-44(46-26-16-17-31-51-46)49(58)56(47)34-35-27-29-36(30-28-35)41-24-14-15-25-42(41)48-53-55-57(54-48)50(37-18-8-5-9-19-37,38-20-10-6-11-21-38)39-22-12-7-13-23-39/h5-33H,3-4,34H2,1-2H3. The summed E-state index contributed by atoms with van der Waals surface area (Å²) in [6.45, 7) is 4.60. The molecule has 0 unspecified atom stereocenters. The molecule has 8 nitrogen and oxygen atoms in total. The van der Waals surface area contributed by atoms with Crippen molar-refractivity contribution in [1.82, 2.24) is 34.7 Å². The normalized spacial score (nSPS) is 11.6. The first-order valence-electron chi connectivity index (χ1n) is 19.7. The van der Waals surface area contributed by atoms with Crippen molar-refractivity contribution in [2.45, 2.75) is 38.8 Å². The van der Waals surface area contributed by atoms with Gasteiger partial charge < -0.3 is 4.57 Å². The smallest absolute Gasteiger partial charge is 0.260 e. The lowest BCUT2D eigenvalue weighted by Crippen LogP contribution is -2.39. The van der Waals surface area contributed by atoms with Gasteiger partial charge in [0.25, 0.3) is 5.56 Å². The Balaban J connectivity index is 1.12. The maximum absolute atomic E-state index is 14.3. The van der Waals surface area contributed by atoms with Crippen molar-refractivity contribution in [2.75, 3.05) is 0 Å². The van der Waals surface area contributed by atoms with E-state index in [1.165, 1.54) is 0 Å². The molecule has 0 atom stereocenters. The summed E-state index contributed by atoms with van der Waals surface area (Å²) >= 11 is 0. The van der Waals surface area contributed by atoms with Gasteiger partial charge in [-0.05, 0) is 75.7 Å². The average molecular weight is 756 g/mol. The Morgan fingerprint density at radius 2 is 1.21 bits per heavy atom. The van der Waals surface area contributed by atoms with E-state index in [0.29, 0.717) is 23.6 Å². The zero-order chi connectivity index (χ0) is 39.5. The number of rotatable bonds is 11. The molecular weight excluding hydrogens is 715 g/mol. The predicted molar refractivity (Wildman–Crippen MR) is 230 cm³/mol. The van der Waals surface area contributed by atoms with Gasteiger partial charge in [0.15, 0.2) is 5.54 Å². The molecular formula is C50H41N7O. The van der Waals surface area contributed by atoms with Crippen LogP contribution < -0.4 is 5.56 Å². The van der Waals surface area contributed by atoms with Gasteiger partial charge in [0.05, 0.1) is 23.3 Å². The number of aryl methyl sites for hydroxylation is 2. The van der Waals surface area contributed by atoms with Crippen molar-refractivity contribution in [3.63, 3.8) is 0 Å². The summed E-state index contributed by atoms with van der Waals surface area (Å²) in [6.07, 6.45) is 3.26. The third kappa shape index (κ3) is 6.48. The fourth-order valence-electron chi connectivity index (χ4n) is 8.05. The van der Waals surface area contributed by atoms with Crippen molar-refractivity contribution in [3.05, 3.63) is 220 Å². The van der Waals surface area contributed by atoms with Crippen LogP contribution in [0.1, 0.15) is 47.5 Å². The topological polar surface area (TPSA) is 91.4 Å². The van der Waals surface area contributed by atoms with Crippen LogP contribution >= 0.6 is 0 Å². The van der Waals surface area contributed by atoms with Gasteiger partial charge in [-0.3, -0.25) is 14.8 Å². The van der Waals surface area contributed by atoms with E-state index >= 15 is 0 Å². The molecule has 0 radical (unpaired) electrons. The number of pyridine rings is 3. The minimum absolute atomic E-state index is 0.0809. The molecule has 5 aromatic carbocycles. The average Bonchev–Trinajstić information content (AvgIpc) is 3.79. The van der Waals surface area contributed by atoms with E-state index in [9.17, 15) is 4.79 Å². The molecule has 4 heterocycles. The van der Waals surface area contributed by atoms with Crippen molar-refractivity contribution in [2.24, 2.45) is 0 Å². The number of benzene rings is 5. The highest BCUT2D eigenvalue weighted by atomic mass is 16.1. The molecule has 0 spiro atoms. The molecule has 0 N–H and O–H groups in total. The summed E-state index contributed by atoms with van der Waals surface area (Å²) in [6, 6.07) is 57.3. The minimum atomic E-state index is -0.881. The molecule has 282 valence electrons. The Labute approximate surface area is 337 Å². The van der Waals surface area contributed by atoms with Crippen LogP contribution in [0.4, 0.5) is 0 Å². The third-order valence-corrected chi connectivity index (χ3v) is 10.9. The summed E-state index contributed by atoms with van der Waals surface area (Å²) < 4.78 is 1.88. The highest BCUT2D eigenvalue weighted by molar-refractivity contribution is 5.86. The maximum Gasteiger partial charge on any atom is 0.260 e. The first-order chi connectivity index (χ1) is 28.6. The zero-order valence-corrected chi connectivity index (χ0v) is 32.4. The number of nitrogens with zero attached hydrogens (tertiary/aromatic N) is 7. The number of hydrogen-bond donors (Lipinski definition) is 0. The monoisotopic (exact) mass is 755 g/mol. The number of tetrazole rings is 1. The highest BCUT2D eigenvalue weighted by Crippen LogP contribution is 2.40. The number of hydrogen-bond acceptors (Lipinski definition) is 6. The third-order valence-electron chi connectivity index (χ3n) is 10.9. The van der Waals surface area contributed by atoms with Gasteiger partial charge in [-0.25, -0.2) is 0 Å². The minimum Gasteiger partial charge on any atom is -0.303 e. The Hall–Kier alpha value is -7.32. The van der Waals surface area contributed by atoms with Crippen molar-refractivity contribution in [3.8, 4) is 33.8 Å². The van der Waals surface area contributed by atoms with Crippen molar-refractivity contribution >= 4 is 10.9 Å². The SMILES string of the molecule is CCc1cc2c(cc(-c3ccccn3)c(=O)n2Cc2ccc(-c3ccccc3-c3nnn(C(c4ccccc4)(c4ccccc4)c4ccccc4)n3)cc2)c(CC)n1. The van der Waals surface area contributed by atoms with E-state index in [2.05, 4.69) is 91.6 Å². The lowest BCUT2D eigenvalue weighted by atomic mass is 9.77.